The summed E-state index contributed by atoms with van der Waals surface area (Å²) in [6.45, 7) is 7.02. The summed E-state index contributed by atoms with van der Waals surface area (Å²) in [7, 11) is 0. The highest BCUT2D eigenvalue weighted by atomic mass is 32.1. The van der Waals surface area contributed by atoms with Gasteiger partial charge in [0.25, 0.3) is 0 Å². The lowest BCUT2D eigenvalue weighted by molar-refractivity contribution is 0.340. The first-order valence-corrected chi connectivity index (χ1v) is 7.06. The minimum absolute atomic E-state index is 0.335. The van der Waals surface area contributed by atoms with E-state index in [1.807, 2.05) is 30.4 Å². The van der Waals surface area contributed by atoms with Crippen LogP contribution in [0.1, 0.15) is 29.6 Å². The van der Waals surface area contributed by atoms with Gasteiger partial charge in [-0.3, -0.25) is 0 Å². The minimum Gasteiger partial charge on any atom is -0.494 e. The Bertz CT molecular complexity index is 489. The highest BCUT2D eigenvalue weighted by Gasteiger charge is 2.07. The summed E-state index contributed by atoms with van der Waals surface area (Å²) in [5.41, 5.74) is 1.12. The Morgan fingerprint density at radius 1 is 1.17 bits per heavy atom. The van der Waals surface area contributed by atoms with Gasteiger partial charge >= 0.3 is 0 Å². The quantitative estimate of drug-likeness (QED) is 0.847. The van der Waals surface area contributed by atoms with Gasteiger partial charge in [-0.1, -0.05) is 0 Å². The van der Waals surface area contributed by atoms with Gasteiger partial charge in [0, 0.05) is 15.4 Å². The van der Waals surface area contributed by atoms with Crippen LogP contribution >= 0.6 is 11.3 Å². The molecular formula is C15H19NOS. The molecule has 1 aromatic heterocycles. The van der Waals surface area contributed by atoms with Crippen LogP contribution in [-0.2, 0) is 0 Å². The smallest absolute Gasteiger partial charge is 0.119 e. The minimum atomic E-state index is 0.335. The maximum absolute atomic E-state index is 5.43. The molecule has 0 spiro atoms. The van der Waals surface area contributed by atoms with Gasteiger partial charge in [-0.05, 0) is 57.2 Å². The number of rotatable bonds is 5. The fourth-order valence-corrected chi connectivity index (χ4v) is 2.70. The first kappa shape index (κ1) is 13.0. The number of hydrogen-bond donors (Lipinski definition) is 1. The number of ether oxygens (including phenoxy) is 1. The normalized spacial score (nSPS) is 12.2. The largest absolute Gasteiger partial charge is 0.494 e. The van der Waals surface area contributed by atoms with Gasteiger partial charge in [0.1, 0.15) is 5.75 Å². The molecule has 0 aliphatic carbocycles. The highest BCUT2D eigenvalue weighted by molar-refractivity contribution is 7.12. The summed E-state index contributed by atoms with van der Waals surface area (Å²) in [5, 5.41) is 3.50. The molecule has 2 aromatic rings. The molecule has 96 valence electrons. The third-order valence-corrected chi connectivity index (χ3v) is 3.92. The van der Waals surface area contributed by atoms with E-state index >= 15 is 0 Å². The van der Waals surface area contributed by atoms with E-state index in [0.29, 0.717) is 12.6 Å². The predicted octanol–water partition coefficient (Wildman–Crippen LogP) is 4.63. The van der Waals surface area contributed by atoms with Gasteiger partial charge in [-0.2, -0.15) is 0 Å². The summed E-state index contributed by atoms with van der Waals surface area (Å²) >= 11 is 1.84. The first-order valence-electron chi connectivity index (χ1n) is 6.24. The van der Waals surface area contributed by atoms with Crippen LogP contribution in [0.25, 0.3) is 0 Å². The predicted molar refractivity (Wildman–Crippen MR) is 78.7 cm³/mol. The Balaban J connectivity index is 2.00. The molecule has 1 atom stereocenters. The van der Waals surface area contributed by atoms with Crippen LogP contribution in [-0.4, -0.2) is 6.61 Å². The Kier molecular flexibility index (Phi) is 4.26. The second-order valence-corrected chi connectivity index (χ2v) is 5.59. The number of hydrogen-bond acceptors (Lipinski definition) is 3. The van der Waals surface area contributed by atoms with Crippen LogP contribution in [0.4, 0.5) is 5.69 Å². The molecule has 0 fully saturated rings. The summed E-state index contributed by atoms with van der Waals surface area (Å²) in [4.78, 5) is 2.71. The van der Waals surface area contributed by atoms with Crippen molar-refractivity contribution in [2.45, 2.75) is 26.8 Å². The number of thiophene rings is 1. The molecule has 0 saturated carbocycles. The van der Waals surface area contributed by atoms with E-state index in [4.69, 9.17) is 4.74 Å². The van der Waals surface area contributed by atoms with Crippen molar-refractivity contribution in [1.82, 2.24) is 0 Å². The first-order chi connectivity index (χ1) is 8.69. The molecule has 1 heterocycles. The lowest BCUT2D eigenvalue weighted by Gasteiger charge is -2.14. The Morgan fingerprint density at radius 3 is 2.44 bits per heavy atom. The topological polar surface area (TPSA) is 21.3 Å². The highest BCUT2D eigenvalue weighted by Crippen LogP contribution is 2.26. The van der Waals surface area contributed by atoms with Gasteiger partial charge in [0.15, 0.2) is 0 Å². The maximum Gasteiger partial charge on any atom is 0.119 e. The van der Waals surface area contributed by atoms with E-state index in [2.05, 4.69) is 43.4 Å². The van der Waals surface area contributed by atoms with Gasteiger partial charge in [0.05, 0.1) is 12.6 Å². The van der Waals surface area contributed by atoms with Crippen LogP contribution in [0.15, 0.2) is 36.4 Å². The fraction of sp³-hybridized carbons (Fsp3) is 0.333. The van der Waals surface area contributed by atoms with Gasteiger partial charge in [-0.25, -0.2) is 0 Å². The molecule has 0 amide bonds. The Hall–Kier alpha value is -1.48. The lowest BCUT2D eigenvalue weighted by atomic mass is 10.2. The van der Waals surface area contributed by atoms with Crippen molar-refractivity contribution in [3.05, 3.63) is 46.2 Å². The zero-order valence-corrected chi connectivity index (χ0v) is 11.9. The summed E-state index contributed by atoms with van der Waals surface area (Å²) < 4.78 is 5.43. The molecule has 0 bridgehead atoms. The molecule has 0 aliphatic heterocycles. The molecule has 1 aromatic carbocycles. The summed E-state index contributed by atoms with van der Waals surface area (Å²) in [6.07, 6.45) is 0. The molecule has 1 unspecified atom stereocenters. The second kappa shape index (κ2) is 5.91. The maximum atomic E-state index is 5.43. The van der Waals surface area contributed by atoms with Crippen LogP contribution in [0.2, 0.25) is 0 Å². The van der Waals surface area contributed by atoms with Gasteiger partial charge in [0.2, 0.25) is 0 Å². The third-order valence-electron chi connectivity index (χ3n) is 2.74. The Morgan fingerprint density at radius 2 is 1.89 bits per heavy atom. The SMILES string of the molecule is CCOc1ccc(NC(C)c2ccc(C)s2)cc1. The molecule has 3 heteroatoms. The molecule has 1 N–H and O–H groups in total. The number of nitrogens with one attached hydrogen (secondary N) is 1. The van der Waals surface area contributed by atoms with Gasteiger partial charge < -0.3 is 10.1 Å². The van der Waals surface area contributed by atoms with Crippen LogP contribution in [0.3, 0.4) is 0 Å². The van der Waals surface area contributed by atoms with Crippen molar-refractivity contribution >= 4 is 17.0 Å². The monoisotopic (exact) mass is 261 g/mol. The molecular weight excluding hydrogens is 242 g/mol. The second-order valence-electron chi connectivity index (χ2n) is 4.27. The van der Waals surface area contributed by atoms with Crippen LogP contribution in [0.5, 0.6) is 5.75 Å². The van der Waals surface area contributed by atoms with Crippen LogP contribution < -0.4 is 10.1 Å². The standard InChI is InChI=1S/C15H19NOS/c1-4-17-14-8-6-13(7-9-14)16-12(3)15-10-5-11(2)18-15/h5-10,12,16H,4H2,1-3H3. The third kappa shape index (κ3) is 3.26. The molecule has 18 heavy (non-hydrogen) atoms. The lowest BCUT2D eigenvalue weighted by Crippen LogP contribution is -2.04. The van der Waals surface area contributed by atoms with E-state index in [1.54, 1.807) is 0 Å². The van der Waals surface area contributed by atoms with Crippen molar-refractivity contribution in [3.8, 4) is 5.75 Å². The number of anilines is 1. The zero-order valence-electron chi connectivity index (χ0n) is 11.1. The van der Waals surface area contributed by atoms with Crippen molar-refractivity contribution in [2.24, 2.45) is 0 Å². The van der Waals surface area contributed by atoms with Crippen molar-refractivity contribution in [3.63, 3.8) is 0 Å². The number of aryl methyl sites for hydroxylation is 1. The summed E-state index contributed by atoms with van der Waals surface area (Å²) in [6, 6.07) is 12.8. The van der Waals surface area contributed by atoms with E-state index < -0.39 is 0 Å². The van der Waals surface area contributed by atoms with E-state index in [1.165, 1.54) is 9.75 Å². The molecule has 0 aliphatic rings. The van der Waals surface area contributed by atoms with Gasteiger partial charge in [-0.15, -0.1) is 11.3 Å². The van der Waals surface area contributed by atoms with E-state index in [-0.39, 0.29) is 0 Å². The number of benzene rings is 1. The zero-order chi connectivity index (χ0) is 13.0. The van der Waals surface area contributed by atoms with E-state index in [9.17, 15) is 0 Å². The van der Waals surface area contributed by atoms with Crippen molar-refractivity contribution in [2.75, 3.05) is 11.9 Å². The van der Waals surface area contributed by atoms with Crippen molar-refractivity contribution in [1.29, 1.82) is 0 Å². The molecule has 0 saturated heterocycles. The van der Waals surface area contributed by atoms with E-state index in [0.717, 1.165) is 11.4 Å². The average molecular weight is 261 g/mol. The average Bonchev–Trinajstić information content (AvgIpc) is 2.79. The fourth-order valence-electron chi connectivity index (χ4n) is 1.82. The van der Waals surface area contributed by atoms with Crippen LogP contribution in [0, 0.1) is 6.92 Å². The molecule has 2 rings (SSSR count). The Labute approximate surface area is 113 Å². The molecule has 2 nitrogen and oxygen atoms in total. The van der Waals surface area contributed by atoms with Crippen molar-refractivity contribution < 1.29 is 4.74 Å². The molecule has 0 radical (unpaired) electrons. The summed E-state index contributed by atoms with van der Waals surface area (Å²) in [5.74, 6) is 0.919.